The minimum atomic E-state index is -1.17. The number of methoxy groups -OCH3 is 1. The molecule has 90 valence electrons. The van der Waals surface area contributed by atoms with E-state index < -0.39 is 12.2 Å². The molecule has 2 unspecified atom stereocenters. The van der Waals surface area contributed by atoms with Crippen LogP contribution in [0.25, 0.3) is 0 Å². The highest BCUT2D eigenvalue weighted by Crippen LogP contribution is 2.35. The highest BCUT2D eigenvalue weighted by atomic mass is 35.5. The molecular formula is C11H15ClO4. The zero-order chi connectivity index (χ0) is 12.1. The van der Waals surface area contributed by atoms with E-state index in [0.717, 1.165) is 0 Å². The van der Waals surface area contributed by atoms with Crippen molar-refractivity contribution in [3.8, 4) is 11.5 Å². The van der Waals surface area contributed by atoms with Gasteiger partial charge in [-0.3, -0.25) is 0 Å². The summed E-state index contributed by atoms with van der Waals surface area (Å²) in [5, 5.41) is 29.1. The number of phenols is 1. The van der Waals surface area contributed by atoms with E-state index in [9.17, 15) is 15.3 Å². The first-order chi connectivity index (χ1) is 7.61. The average molecular weight is 247 g/mol. The number of hydrogen-bond donors (Lipinski definition) is 3. The van der Waals surface area contributed by atoms with Crippen LogP contribution in [-0.2, 0) is 0 Å². The fourth-order valence-electron chi connectivity index (χ4n) is 1.42. The summed E-state index contributed by atoms with van der Waals surface area (Å²) < 4.78 is 4.91. The molecule has 5 heteroatoms. The topological polar surface area (TPSA) is 69.9 Å². The van der Waals surface area contributed by atoms with Crippen molar-refractivity contribution in [2.45, 2.75) is 18.6 Å². The Morgan fingerprint density at radius 3 is 2.62 bits per heavy atom. The Kier molecular flexibility index (Phi) is 4.86. The van der Waals surface area contributed by atoms with Crippen molar-refractivity contribution in [3.63, 3.8) is 0 Å². The first-order valence-corrected chi connectivity index (χ1v) is 5.43. The van der Waals surface area contributed by atoms with Crippen LogP contribution in [-0.4, -0.2) is 34.4 Å². The van der Waals surface area contributed by atoms with Gasteiger partial charge in [0.1, 0.15) is 6.10 Å². The van der Waals surface area contributed by atoms with E-state index in [1.54, 1.807) is 12.1 Å². The smallest absolute Gasteiger partial charge is 0.163 e. The van der Waals surface area contributed by atoms with Gasteiger partial charge in [-0.05, 0) is 12.5 Å². The molecule has 0 heterocycles. The Morgan fingerprint density at radius 2 is 2.06 bits per heavy atom. The third kappa shape index (κ3) is 2.78. The van der Waals surface area contributed by atoms with Crippen molar-refractivity contribution in [1.82, 2.24) is 0 Å². The first kappa shape index (κ1) is 13.1. The van der Waals surface area contributed by atoms with Gasteiger partial charge in [0.05, 0.1) is 13.2 Å². The third-order valence-corrected chi connectivity index (χ3v) is 2.56. The van der Waals surface area contributed by atoms with E-state index in [-0.39, 0.29) is 29.4 Å². The Morgan fingerprint density at radius 1 is 1.38 bits per heavy atom. The second-order valence-electron chi connectivity index (χ2n) is 3.39. The Hall–Kier alpha value is -0.970. The zero-order valence-corrected chi connectivity index (χ0v) is 9.68. The van der Waals surface area contributed by atoms with Crippen LogP contribution in [0.15, 0.2) is 18.2 Å². The van der Waals surface area contributed by atoms with E-state index in [2.05, 4.69) is 0 Å². The number of hydrogen-bond acceptors (Lipinski definition) is 4. The van der Waals surface area contributed by atoms with Gasteiger partial charge < -0.3 is 20.1 Å². The van der Waals surface area contributed by atoms with Crippen molar-refractivity contribution >= 4 is 11.6 Å². The molecule has 0 fully saturated rings. The van der Waals surface area contributed by atoms with Crippen LogP contribution in [0.4, 0.5) is 0 Å². The largest absolute Gasteiger partial charge is 0.504 e. The number of aliphatic hydroxyl groups is 2. The highest BCUT2D eigenvalue weighted by Gasteiger charge is 2.22. The predicted molar refractivity (Wildman–Crippen MR) is 61.0 cm³/mol. The van der Waals surface area contributed by atoms with E-state index in [0.29, 0.717) is 0 Å². The standard InChI is InChI=1S/C11H15ClO4/c1-16-9-4-2-3-7(11(9)15)10(14)8(13)5-6-12/h2-4,8,10,13-15H,5-6H2,1H3. The molecule has 0 aliphatic heterocycles. The maximum atomic E-state index is 9.80. The van der Waals surface area contributed by atoms with Crippen molar-refractivity contribution in [2.75, 3.05) is 13.0 Å². The van der Waals surface area contributed by atoms with Crippen LogP contribution in [0.5, 0.6) is 11.5 Å². The number of benzene rings is 1. The van der Waals surface area contributed by atoms with Crippen molar-refractivity contribution in [2.24, 2.45) is 0 Å². The van der Waals surface area contributed by atoms with Gasteiger partial charge in [0.15, 0.2) is 11.5 Å². The van der Waals surface area contributed by atoms with Crippen molar-refractivity contribution in [1.29, 1.82) is 0 Å². The number of halogens is 1. The number of aromatic hydroxyl groups is 1. The fraction of sp³-hybridized carbons (Fsp3) is 0.455. The number of aliphatic hydroxyl groups excluding tert-OH is 2. The van der Waals surface area contributed by atoms with Gasteiger partial charge in [-0.15, -0.1) is 11.6 Å². The molecule has 16 heavy (non-hydrogen) atoms. The molecule has 0 spiro atoms. The van der Waals surface area contributed by atoms with E-state index in [1.807, 2.05) is 0 Å². The summed E-state index contributed by atoms with van der Waals surface area (Å²) in [7, 11) is 1.42. The number of rotatable bonds is 5. The SMILES string of the molecule is COc1cccc(C(O)C(O)CCCl)c1O. The number of phenolic OH excluding ortho intramolecular Hbond substituents is 1. The van der Waals surface area contributed by atoms with Crippen LogP contribution < -0.4 is 4.74 Å². The molecule has 0 radical (unpaired) electrons. The third-order valence-electron chi connectivity index (χ3n) is 2.34. The number of alkyl halides is 1. The summed E-state index contributed by atoms with van der Waals surface area (Å²) in [5.74, 6) is 0.337. The lowest BCUT2D eigenvalue weighted by atomic mass is 10.0. The maximum Gasteiger partial charge on any atom is 0.163 e. The Bertz CT molecular complexity index is 343. The van der Waals surface area contributed by atoms with Crippen LogP contribution in [0, 0.1) is 0 Å². The molecule has 0 aliphatic carbocycles. The minimum Gasteiger partial charge on any atom is -0.504 e. The summed E-state index contributed by atoms with van der Waals surface area (Å²) in [4.78, 5) is 0. The van der Waals surface area contributed by atoms with E-state index >= 15 is 0 Å². The lowest BCUT2D eigenvalue weighted by Gasteiger charge is -2.19. The Balaban J connectivity index is 2.94. The van der Waals surface area contributed by atoms with Crippen molar-refractivity contribution < 1.29 is 20.1 Å². The lowest BCUT2D eigenvalue weighted by molar-refractivity contribution is 0.0155. The molecule has 2 atom stereocenters. The number of ether oxygens (including phenoxy) is 1. The van der Waals surface area contributed by atoms with Gasteiger partial charge in [-0.1, -0.05) is 12.1 Å². The van der Waals surface area contributed by atoms with Gasteiger partial charge in [0, 0.05) is 11.4 Å². The summed E-state index contributed by atoms with van der Waals surface area (Å²) in [6.07, 6.45) is -1.93. The summed E-state index contributed by atoms with van der Waals surface area (Å²) >= 11 is 5.47. The predicted octanol–water partition coefficient (Wildman–Crippen LogP) is 1.42. The van der Waals surface area contributed by atoms with Gasteiger partial charge in [0.2, 0.25) is 0 Å². The maximum absolute atomic E-state index is 9.80. The van der Waals surface area contributed by atoms with E-state index in [1.165, 1.54) is 13.2 Å². The molecule has 1 aromatic carbocycles. The summed E-state index contributed by atoms with van der Waals surface area (Å²) in [6, 6.07) is 4.73. The van der Waals surface area contributed by atoms with Crippen LogP contribution in [0.2, 0.25) is 0 Å². The molecule has 0 amide bonds. The monoisotopic (exact) mass is 246 g/mol. The molecule has 0 saturated heterocycles. The quantitative estimate of drug-likeness (QED) is 0.688. The molecule has 0 bridgehead atoms. The summed E-state index contributed by atoms with van der Waals surface area (Å²) in [6.45, 7) is 0. The summed E-state index contributed by atoms with van der Waals surface area (Å²) in [5.41, 5.74) is 0.233. The molecule has 4 nitrogen and oxygen atoms in total. The zero-order valence-electron chi connectivity index (χ0n) is 8.93. The normalized spacial score (nSPS) is 14.5. The van der Waals surface area contributed by atoms with E-state index in [4.69, 9.17) is 16.3 Å². The molecule has 0 aromatic heterocycles. The van der Waals surface area contributed by atoms with Crippen LogP contribution in [0.3, 0.4) is 0 Å². The second kappa shape index (κ2) is 5.94. The fourth-order valence-corrected chi connectivity index (χ4v) is 1.64. The van der Waals surface area contributed by atoms with Gasteiger partial charge in [0.25, 0.3) is 0 Å². The molecule has 0 saturated carbocycles. The first-order valence-electron chi connectivity index (χ1n) is 4.89. The lowest BCUT2D eigenvalue weighted by Crippen LogP contribution is -2.18. The van der Waals surface area contributed by atoms with Crippen LogP contribution >= 0.6 is 11.6 Å². The molecule has 1 aromatic rings. The molecule has 1 rings (SSSR count). The van der Waals surface area contributed by atoms with Gasteiger partial charge in [-0.25, -0.2) is 0 Å². The minimum absolute atomic E-state index is 0.161. The average Bonchev–Trinajstić information content (AvgIpc) is 2.29. The molecular weight excluding hydrogens is 232 g/mol. The molecule has 3 N–H and O–H groups in total. The highest BCUT2D eigenvalue weighted by molar-refractivity contribution is 6.17. The second-order valence-corrected chi connectivity index (χ2v) is 3.77. The Labute approximate surface area is 99.1 Å². The number of para-hydroxylation sites is 1. The van der Waals surface area contributed by atoms with Crippen molar-refractivity contribution in [3.05, 3.63) is 23.8 Å². The van der Waals surface area contributed by atoms with Gasteiger partial charge in [-0.2, -0.15) is 0 Å². The van der Waals surface area contributed by atoms with Gasteiger partial charge >= 0.3 is 0 Å². The van der Waals surface area contributed by atoms with Crippen LogP contribution in [0.1, 0.15) is 18.1 Å². The molecule has 0 aliphatic rings.